The zero-order valence-electron chi connectivity index (χ0n) is 12.7. The lowest BCUT2D eigenvalue weighted by Gasteiger charge is -2.15. The van der Waals surface area contributed by atoms with Crippen LogP contribution >= 0.6 is 0 Å². The van der Waals surface area contributed by atoms with E-state index in [0.717, 1.165) is 49.5 Å². The number of aldehydes is 1. The van der Waals surface area contributed by atoms with Gasteiger partial charge >= 0.3 is 0 Å². The molecule has 0 N–H and O–H groups in total. The van der Waals surface area contributed by atoms with Crippen LogP contribution in [0, 0.1) is 0 Å². The summed E-state index contributed by atoms with van der Waals surface area (Å²) in [5, 5.41) is 8.15. The normalized spacial score (nSPS) is 15.1. The van der Waals surface area contributed by atoms with Crippen molar-refractivity contribution in [2.75, 3.05) is 26.7 Å². The molecule has 2 heterocycles. The van der Waals surface area contributed by atoms with Gasteiger partial charge in [-0.1, -0.05) is 17.3 Å². The van der Waals surface area contributed by atoms with Gasteiger partial charge in [0.25, 0.3) is 0 Å². The van der Waals surface area contributed by atoms with Gasteiger partial charge in [-0.3, -0.25) is 4.79 Å². The van der Waals surface area contributed by atoms with E-state index in [-0.39, 0.29) is 0 Å². The van der Waals surface area contributed by atoms with Gasteiger partial charge in [-0.15, -0.1) is 5.10 Å². The second-order valence-corrected chi connectivity index (χ2v) is 5.44. The predicted molar refractivity (Wildman–Crippen MR) is 83.1 cm³/mol. The molecule has 22 heavy (non-hydrogen) atoms. The number of methoxy groups -OCH3 is 1. The number of carbonyl (C=O) groups excluding carboxylic acids is 1. The second-order valence-electron chi connectivity index (χ2n) is 5.44. The van der Waals surface area contributed by atoms with Crippen LogP contribution in [-0.2, 0) is 6.54 Å². The highest BCUT2D eigenvalue weighted by molar-refractivity contribution is 5.83. The number of benzene rings is 1. The van der Waals surface area contributed by atoms with Gasteiger partial charge in [-0.2, -0.15) is 0 Å². The number of likely N-dealkylation sites (tertiary alicyclic amines) is 1. The summed E-state index contributed by atoms with van der Waals surface area (Å²) in [6, 6.07) is 7.63. The molecule has 1 aromatic carbocycles. The van der Waals surface area contributed by atoms with Crippen LogP contribution in [0.15, 0.2) is 24.3 Å². The van der Waals surface area contributed by atoms with Gasteiger partial charge in [-0.25, -0.2) is 4.68 Å². The average molecular weight is 300 g/mol. The highest BCUT2D eigenvalue weighted by Crippen LogP contribution is 2.25. The molecule has 0 amide bonds. The third kappa shape index (κ3) is 3.01. The molecule has 1 fully saturated rings. The van der Waals surface area contributed by atoms with Crippen LogP contribution in [0.25, 0.3) is 11.3 Å². The highest BCUT2D eigenvalue weighted by Gasteiger charge is 2.17. The van der Waals surface area contributed by atoms with Gasteiger partial charge in [0.1, 0.15) is 5.75 Å². The third-order valence-electron chi connectivity index (χ3n) is 4.04. The quantitative estimate of drug-likeness (QED) is 0.762. The summed E-state index contributed by atoms with van der Waals surface area (Å²) in [7, 11) is 1.63. The molecule has 0 bridgehead atoms. The third-order valence-corrected chi connectivity index (χ3v) is 4.04. The summed E-state index contributed by atoms with van der Waals surface area (Å²) in [4.78, 5) is 13.7. The molecule has 116 valence electrons. The minimum Gasteiger partial charge on any atom is -0.497 e. The predicted octanol–water partition coefficient (Wildman–Crippen LogP) is 1.86. The molecule has 1 aliphatic rings. The summed E-state index contributed by atoms with van der Waals surface area (Å²) < 4.78 is 7.08. The number of nitrogens with zero attached hydrogens (tertiary/aromatic N) is 4. The van der Waals surface area contributed by atoms with Crippen molar-refractivity contribution in [1.82, 2.24) is 19.9 Å². The monoisotopic (exact) mass is 300 g/mol. The lowest BCUT2D eigenvalue weighted by Crippen LogP contribution is -2.24. The van der Waals surface area contributed by atoms with Gasteiger partial charge in [-0.05, 0) is 38.1 Å². The first-order valence-corrected chi connectivity index (χ1v) is 7.57. The van der Waals surface area contributed by atoms with E-state index in [1.807, 2.05) is 28.9 Å². The lowest BCUT2D eigenvalue weighted by atomic mass is 10.1. The van der Waals surface area contributed by atoms with Gasteiger partial charge in [0, 0.05) is 12.1 Å². The Labute approximate surface area is 129 Å². The topological polar surface area (TPSA) is 60.2 Å². The van der Waals surface area contributed by atoms with E-state index in [2.05, 4.69) is 15.2 Å². The molecule has 0 radical (unpaired) electrons. The molecule has 6 heteroatoms. The minimum atomic E-state index is 0.370. The van der Waals surface area contributed by atoms with Crippen molar-refractivity contribution in [3.63, 3.8) is 0 Å². The van der Waals surface area contributed by atoms with Gasteiger partial charge < -0.3 is 9.64 Å². The van der Waals surface area contributed by atoms with Crippen LogP contribution in [0.3, 0.4) is 0 Å². The van der Waals surface area contributed by atoms with Gasteiger partial charge in [0.15, 0.2) is 12.0 Å². The highest BCUT2D eigenvalue weighted by atomic mass is 16.5. The fourth-order valence-electron chi connectivity index (χ4n) is 2.87. The number of carbonyl (C=O) groups is 1. The van der Waals surface area contributed by atoms with E-state index < -0.39 is 0 Å². The molecule has 0 spiro atoms. The molecule has 1 saturated heterocycles. The Morgan fingerprint density at radius 3 is 2.82 bits per heavy atom. The zero-order valence-corrected chi connectivity index (χ0v) is 12.7. The smallest absolute Gasteiger partial charge is 0.172 e. The first-order chi connectivity index (χ1) is 10.8. The maximum Gasteiger partial charge on any atom is 0.172 e. The van der Waals surface area contributed by atoms with Crippen LogP contribution in [-0.4, -0.2) is 52.9 Å². The Morgan fingerprint density at radius 2 is 2.09 bits per heavy atom. The van der Waals surface area contributed by atoms with E-state index >= 15 is 0 Å². The zero-order chi connectivity index (χ0) is 15.4. The molecule has 1 aromatic heterocycles. The van der Waals surface area contributed by atoms with Gasteiger partial charge in [0.2, 0.25) is 0 Å². The molecule has 0 unspecified atom stereocenters. The Kier molecular flexibility index (Phi) is 4.48. The number of ether oxygens (including phenoxy) is 1. The number of hydrogen-bond donors (Lipinski definition) is 0. The van der Waals surface area contributed by atoms with E-state index in [0.29, 0.717) is 5.69 Å². The lowest BCUT2D eigenvalue weighted by molar-refractivity contribution is 0.111. The van der Waals surface area contributed by atoms with Crippen LogP contribution in [0.4, 0.5) is 0 Å². The SMILES string of the molecule is COc1cccc(-c2c(C=O)nnn2CCN2CCCC2)c1. The van der Waals surface area contributed by atoms with Crippen LogP contribution in [0.5, 0.6) is 5.75 Å². The maximum absolute atomic E-state index is 11.3. The van der Waals surface area contributed by atoms with Gasteiger partial charge in [0.05, 0.1) is 19.3 Å². The Hall–Kier alpha value is -2.21. The Morgan fingerprint density at radius 1 is 1.27 bits per heavy atom. The fraction of sp³-hybridized carbons (Fsp3) is 0.438. The second kappa shape index (κ2) is 6.70. The van der Waals surface area contributed by atoms with Crippen molar-refractivity contribution in [2.24, 2.45) is 0 Å². The van der Waals surface area contributed by atoms with Crippen LogP contribution in [0.2, 0.25) is 0 Å². The van der Waals surface area contributed by atoms with Crippen LogP contribution in [0.1, 0.15) is 23.3 Å². The number of aromatic nitrogens is 3. The van der Waals surface area contributed by atoms with Crippen molar-refractivity contribution in [3.8, 4) is 17.0 Å². The minimum absolute atomic E-state index is 0.370. The molecule has 6 nitrogen and oxygen atoms in total. The first kappa shape index (κ1) is 14.7. The van der Waals surface area contributed by atoms with Crippen molar-refractivity contribution >= 4 is 6.29 Å². The molecule has 1 aliphatic heterocycles. The number of rotatable bonds is 6. The number of hydrogen-bond acceptors (Lipinski definition) is 5. The summed E-state index contributed by atoms with van der Waals surface area (Å²) >= 11 is 0. The Balaban J connectivity index is 1.87. The maximum atomic E-state index is 11.3. The fourth-order valence-corrected chi connectivity index (χ4v) is 2.87. The summed E-state index contributed by atoms with van der Waals surface area (Å²) in [5.74, 6) is 0.752. The molecule has 0 atom stereocenters. The van der Waals surface area contributed by atoms with E-state index in [4.69, 9.17) is 4.74 Å². The molecule has 0 aliphatic carbocycles. The average Bonchev–Trinajstić information content (AvgIpc) is 3.22. The van der Waals surface area contributed by atoms with Crippen molar-refractivity contribution in [2.45, 2.75) is 19.4 Å². The van der Waals surface area contributed by atoms with Crippen molar-refractivity contribution in [1.29, 1.82) is 0 Å². The summed E-state index contributed by atoms with van der Waals surface area (Å²) in [6.07, 6.45) is 3.29. The summed E-state index contributed by atoms with van der Waals surface area (Å²) in [6.45, 7) is 3.94. The van der Waals surface area contributed by atoms with E-state index in [9.17, 15) is 4.79 Å². The Bertz CT molecular complexity index is 647. The van der Waals surface area contributed by atoms with E-state index in [1.54, 1.807) is 7.11 Å². The van der Waals surface area contributed by atoms with Crippen LogP contribution < -0.4 is 4.74 Å². The molecule has 2 aromatic rings. The summed E-state index contributed by atoms with van der Waals surface area (Å²) in [5.41, 5.74) is 2.02. The van der Waals surface area contributed by atoms with E-state index in [1.165, 1.54) is 12.8 Å². The molecular formula is C16H20N4O2. The largest absolute Gasteiger partial charge is 0.497 e. The molecular weight excluding hydrogens is 280 g/mol. The molecule has 3 rings (SSSR count). The van der Waals surface area contributed by atoms with Crippen molar-refractivity contribution in [3.05, 3.63) is 30.0 Å². The standard InChI is InChI=1S/C16H20N4O2/c1-22-14-6-4-5-13(11-14)16-15(12-21)17-18-20(16)10-9-19-7-2-3-8-19/h4-6,11-12H,2-3,7-10H2,1H3. The first-order valence-electron chi connectivity index (χ1n) is 7.57. The van der Waals surface area contributed by atoms with Crippen molar-refractivity contribution < 1.29 is 9.53 Å². The molecule has 0 saturated carbocycles.